The first kappa shape index (κ1) is 25.5. The standard InChI is InChI=1S/C22H24F3N5O.HI/c1-26-21(27-13-17-7-9-20(10-8-17)31-16-22(23,24)25)28-14-18-5-2-3-6-19(18)15-30-12-4-11-29-30;/h2-12H,13-16H2,1H3,(H2,26,27,28);1H. The predicted octanol–water partition coefficient (Wildman–Crippen LogP) is 4.36. The quantitative estimate of drug-likeness (QED) is 0.245. The summed E-state index contributed by atoms with van der Waals surface area (Å²) >= 11 is 0. The van der Waals surface area contributed by atoms with Crippen molar-refractivity contribution in [3.8, 4) is 5.75 Å². The Labute approximate surface area is 201 Å². The van der Waals surface area contributed by atoms with E-state index in [1.807, 2.05) is 29.1 Å². The van der Waals surface area contributed by atoms with Gasteiger partial charge in [0.2, 0.25) is 0 Å². The van der Waals surface area contributed by atoms with Gasteiger partial charge in [0.15, 0.2) is 12.6 Å². The molecule has 172 valence electrons. The van der Waals surface area contributed by atoms with Gasteiger partial charge in [0, 0.05) is 32.5 Å². The average molecular weight is 559 g/mol. The van der Waals surface area contributed by atoms with Crippen molar-refractivity contribution in [2.45, 2.75) is 25.8 Å². The molecule has 32 heavy (non-hydrogen) atoms. The number of hydrogen-bond donors (Lipinski definition) is 2. The molecule has 0 spiro atoms. The van der Waals surface area contributed by atoms with Gasteiger partial charge in [0.05, 0.1) is 6.54 Å². The van der Waals surface area contributed by atoms with Crippen molar-refractivity contribution in [2.24, 2.45) is 4.99 Å². The van der Waals surface area contributed by atoms with Crippen LogP contribution >= 0.6 is 24.0 Å². The molecule has 1 aromatic heterocycles. The second-order valence-corrected chi connectivity index (χ2v) is 6.80. The fourth-order valence-corrected chi connectivity index (χ4v) is 2.91. The van der Waals surface area contributed by atoms with E-state index in [0.717, 1.165) is 16.7 Å². The molecule has 0 saturated carbocycles. The zero-order chi connectivity index (χ0) is 22.1. The minimum absolute atomic E-state index is 0. The first-order valence-electron chi connectivity index (χ1n) is 9.70. The number of aromatic nitrogens is 2. The predicted molar refractivity (Wildman–Crippen MR) is 128 cm³/mol. The van der Waals surface area contributed by atoms with Crippen LogP contribution in [0.5, 0.6) is 5.75 Å². The summed E-state index contributed by atoms with van der Waals surface area (Å²) in [7, 11) is 1.68. The number of nitrogens with zero attached hydrogens (tertiary/aromatic N) is 3. The summed E-state index contributed by atoms with van der Waals surface area (Å²) in [6.07, 6.45) is -0.679. The summed E-state index contributed by atoms with van der Waals surface area (Å²) < 4.78 is 43.3. The molecule has 0 atom stereocenters. The average Bonchev–Trinajstić information content (AvgIpc) is 3.27. The lowest BCUT2D eigenvalue weighted by Crippen LogP contribution is -2.36. The highest BCUT2D eigenvalue weighted by molar-refractivity contribution is 14.0. The van der Waals surface area contributed by atoms with Gasteiger partial charge in [-0.3, -0.25) is 9.67 Å². The van der Waals surface area contributed by atoms with Crippen LogP contribution in [0.15, 0.2) is 72.0 Å². The van der Waals surface area contributed by atoms with Crippen LogP contribution < -0.4 is 15.4 Å². The van der Waals surface area contributed by atoms with E-state index < -0.39 is 12.8 Å². The molecule has 6 nitrogen and oxygen atoms in total. The molecule has 0 saturated heterocycles. The SMILES string of the molecule is CN=C(NCc1ccc(OCC(F)(F)F)cc1)NCc1ccccc1Cn1cccn1.I. The molecule has 0 unspecified atom stereocenters. The van der Waals surface area contributed by atoms with E-state index in [4.69, 9.17) is 4.74 Å². The van der Waals surface area contributed by atoms with E-state index in [9.17, 15) is 13.2 Å². The van der Waals surface area contributed by atoms with Gasteiger partial charge < -0.3 is 15.4 Å². The number of guanidine groups is 1. The topological polar surface area (TPSA) is 63.5 Å². The number of ether oxygens (including phenoxy) is 1. The van der Waals surface area contributed by atoms with Crippen molar-refractivity contribution >= 4 is 29.9 Å². The Balaban J connectivity index is 0.00000363. The molecule has 0 radical (unpaired) electrons. The molecule has 3 rings (SSSR count). The van der Waals surface area contributed by atoms with Crippen LogP contribution in [0.3, 0.4) is 0 Å². The first-order chi connectivity index (χ1) is 14.9. The van der Waals surface area contributed by atoms with Crippen molar-refractivity contribution < 1.29 is 17.9 Å². The lowest BCUT2D eigenvalue weighted by atomic mass is 10.1. The molecule has 2 N–H and O–H groups in total. The van der Waals surface area contributed by atoms with Crippen LogP contribution in [-0.2, 0) is 19.6 Å². The first-order valence-corrected chi connectivity index (χ1v) is 9.70. The van der Waals surface area contributed by atoms with Crippen molar-refractivity contribution in [2.75, 3.05) is 13.7 Å². The number of rotatable bonds is 8. The third-order valence-electron chi connectivity index (χ3n) is 4.47. The summed E-state index contributed by atoms with van der Waals surface area (Å²) in [6, 6.07) is 16.5. The van der Waals surface area contributed by atoms with Gasteiger partial charge in [-0.2, -0.15) is 18.3 Å². The van der Waals surface area contributed by atoms with Gasteiger partial charge in [-0.25, -0.2) is 0 Å². The molecule has 0 aliphatic rings. The summed E-state index contributed by atoms with van der Waals surface area (Å²) in [4.78, 5) is 4.22. The lowest BCUT2D eigenvalue weighted by Gasteiger charge is -2.15. The number of aliphatic imine (C=N–C) groups is 1. The number of alkyl halides is 3. The summed E-state index contributed by atoms with van der Waals surface area (Å²) in [6.45, 7) is 0.429. The van der Waals surface area contributed by atoms with E-state index in [0.29, 0.717) is 25.6 Å². The van der Waals surface area contributed by atoms with Crippen LogP contribution in [0.25, 0.3) is 0 Å². The number of halogens is 4. The number of nitrogens with one attached hydrogen (secondary N) is 2. The van der Waals surface area contributed by atoms with Gasteiger partial charge in [-0.05, 0) is 34.9 Å². The third kappa shape index (κ3) is 8.40. The zero-order valence-corrected chi connectivity index (χ0v) is 19.8. The monoisotopic (exact) mass is 559 g/mol. The molecule has 1 heterocycles. The van der Waals surface area contributed by atoms with Gasteiger partial charge in [0.25, 0.3) is 0 Å². The highest BCUT2D eigenvalue weighted by Crippen LogP contribution is 2.18. The number of hydrogen-bond acceptors (Lipinski definition) is 3. The highest BCUT2D eigenvalue weighted by atomic mass is 127. The van der Waals surface area contributed by atoms with Gasteiger partial charge in [0.1, 0.15) is 5.75 Å². The fourth-order valence-electron chi connectivity index (χ4n) is 2.91. The molecule has 3 aromatic rings. The minimum atomic E-state index is -4.35. The van der Waals surface area contributed by atoms with Crippen LogP contribution in [0.4, 0.5) is 13.2 Å². The van der Waals surface area contributed by atoms with Crippen LogP contribution in [-0.4, -0.2) is 35.6 Å². The van der Waals surface area contributed by atoms with E-state index in [1.54, 1.807) is 25.4 Å². The normalized spacial score (nSPS) is 11.6. The molecular weight excluding hydrogens is 534 g/mol. The van der Waals surface area contributed by atoms with Crippen molar-refractivity contribution in [3.05, 3.63) is 83.7 Å². The maximum atomic E-state index is 12.2. The molecule has 0 aliphatic carbocycles. The fraction of sp³-hybridized carbons (Fsp3) is 0.273. The maximum Gasteiger partial charge on any atom is 0.422 e. The van der Waals surface area contributed by atoms with Gasteiger partial charge in [-0.15, -0.1) is 24.0 Å². The van der Waals surface area contributed by atoms with Crippen LogP contribution in [0, 0.1) is 0 Å². The Morgan fingerprint density at radius 1 is 1.00 bits per heavy atom. The molecule has 10 heteroatoms. The van der Waals surface area contributed by atoms with E-state index in [-0.39, 0.29) is 29.7 Å². The molecule has 2 aromatic carbocycles. The Kier molecular flexibility index (Phi) is 9.82. The van der Waals surface area contributed by atoms with Crippen molar-refractivity contribution in [1.29, 1.82) is 0 Å². The molecule has 0 aliphatic heterocycles. The lowest BCUT2D eigenvalue weighted by molar-refractivity contribution is -0.153. The largest absolute Gasteiger partial charge is 0.484 e. The van der Waals surface area contributed by atoms with Crippen LogP contribution in [0.2, 0.25) is 0 Å². The number of benzene rings is 2. The Morgan fingerprint density at radius 3 is 2.31 bits per heavy atom. The van der Waals surface area contributed by atoms with Gasteiger partial charge >= 0.3 is 6.18 Å². The summed E-state index contributed by atoms with van der Waals surface area (Å²) in [5.74, 6) is 0.795. The zero-order valence-electron chi connectivity index (χ0n) is 17.5. The van der Waals surface area contributed by atoms with Gasteiger partial charge in [-0.1, -0.05) is 36.4 Å². The second-order valence-electron chi connectivity index (χ2n) is 6.80. The minimum Gasteiger partial charge on any atom is -0.484 e. The summed E-state index contributed by atoms with van der Waals surface area (Å²) in [5, 5.41) is 10.7. The Morgan fingerprint density at radius 2 is 1.69 bits per heavy atom. The van der Waals surface area contributed by atoms with Crippen molar-refractivity contribution in [3.63, 3.8) is 0 Å². The smallest absolute Gasteiger partial charge is 0.422 e. The van der Waals surface area contributed by atoms with Crippen LogP contribution in [0.1, 0.15) is 16.7 Å². The molecule has 0 bridgehead atoms. The molecular formula is C22H25F3IN5O. The highest BCUT2D eigenvalue weighted by Gasteiger charge is 2.28. The van der Waals surface area contributed by atoms with E-state index >= 15 is 0 Å². The summed E-state index contributed by atoms with van der Waals surface area (Å²) in [5.41, 5.74) is 3.18. The maximum absolute atomic E-state index is 12.2. The third-order valence-corrected chi connectivity index (χ3v) is 4.47. The Bertz CT molecular complexity index is 976. The second kappa shape index (κ2) is 12.3. The van der Waals surface area contributed by atoms with E-state index in [1.165, 1.54) is 12.1 Å². The Hall–Kier alpha value is -2.76. The molecule has 0 fully saturated rings. The van der Waals surface area contributed by atoms with E-state index in [2.05, 4.69) is 32.9 Å². The molecule has 0 amide bonds. The van der Waals surface area contributed by atoms with Crippen molar-refractivity contribution in [1.82, 2.24) is 20.4 Å².